The summed E-state index contributed by atoms with van der Waals surface area (Å²) in [7, 11) is 1.54. The summed E-state index contributed by atoms with van der Waals surface area (Å²) >= 11 is 0. The highest BCUT2D eigenvalue weighted by atomic mass is 16.5. The van der Waals surface area contributed by atoms with Gasteiger partial charge in [0.15, 0.2) is 0 Å². The maximum atomic E-state index is 13.4. The van der Waals surface area contributed by atoms with Crippen LogP contribution in [0.25, 0.3) is 0 Å². The number of ether oxygens (including phenoxy) is 1. The summed E-state index contributed by atoms with van der Waals surface area (Å²) in [4.78, 5) is 66.5. The quantitative estimate of drug-likeness (QED) is 0.306. The number of hydrogen-bond donors (Lipinski definition) is 5. The van der Waals surface area contributed by atoms with Gasteiger partial charge in [0.05, 0.1) is 13.7 Å². The Morgan fingerprint density at radius 2 is 1.57 bits per heavy atom. The number of carbonyl (C=O) groups excluding carboxylic acids is 5. The zero-order chi connectivity index (χ0) is 30.0. The molecule has 0 aliphatic carbocycles. The Kier molecular flexibility index (Phi) is 12.4. The van der Waals surface area contributed by atoms with Crippen LogP contribution < -0.4 is 26.0 Å². The molecule has 1 heterocycles. The molecule has 5 amide bonds. The van der Waals surface area contributed by atoms with Crippen molar-refractivity contribution in [2.75, 3.05) is 26.8 Å². The maximum Gasteiger partial charge on any atom is 0.248 e. The molecular formula is C28H43N5O7. The molecule has 0 saturated carbocycles. The second-order valence-electron chi connectivity index (χ2n) is 10.9. The molecule has 0 spiro atoms. The third-order valence-corrected chi connectivity index (χ3v) is 6.71. The molecule has 222 valence electrons. The molecule has 0 unspecified atom stereocenters. The van der Waals surface area contributed by atoms with Gasteiger partial charge in [0.25, 0.3) is 0 Å². The molecule has 12 heteroatoms. The van der Waals surface area contributed by atoms with Gasteiger partial charge >= 0.3 is 0 Å². The molecule has 1 aromatic carbocycles. The van der Waals surface area contributed by atoms with E-state index in [2.05, 4.69) is 21.3 Å². The molecule has 1 fully saturated rings. The van der Waals surface area contributed by atoms with Gasteiger partial charge in [-0.1, -0.05) is 39.8 Å². The number of nitrogens with zero attached hydrogens (tertiary/aromatic N) is 1. The Bertz CT molecular complexity index is 1040. The summed E-state index contributed by atoms with van der Waals surface area (Å²) < 4.78 is 5.19. The summed E-state index contributed by atoms with van der Waals surface area (Å²) in [5.74, 6) is -2.39. The SMILES string of the molecule is COc1ccc(C[C@@H]2NC(=O)[C@H](CC(C)C)NC(=O)CN(C(=O)CO)C[C@H](C(C)C)NC(=O)[C@@H](C)NC2=O)cc1. The Morgan fingerprint density at radius 1 is 0.950 bits per heavy atom. The summed E-state index contributed by atoms with van der Waals surface area (Å²) in [5, 5.41) is 20.5. The Balaban J connectivity index is 2.46. The molecule has 1 aliphatic heterocycles. The Hall–Kier alpha value is -3.67. The molecular weight excluding hydrogens is 518 g/mol. The lowest BCUT2D eigenvalue weighted by atomic mass is 10.0. The van der Waals surface area contributed by atoms with Crippen LogP contribution in [0.1, 0.15) is 46.6 Å². The fraction of sp³-hybridized carbons (Fsp3) is 0.607. The van der Waals surface area contributed by atoms with E-state index in [1.165, 1.54) is 6.92 Å². The van der Waals surface area contributed by atoms with Crippen LogP contribution in [0.3, 0.4) is 0 Å². The fourth-order valence-corrected chi connectivity index (χ4v) is 4.30. The minimum absolute atomic E-state index is 0.0225. The molecule has 12 nitrogen and oxygen atoms in total. The summed E-state index contributed by atoms with van der Waals surface area (Å²) in [6.07, 6.45) is 0.416. The van der Waals surface area contributed by atoms with Crippen LogP contribution in [0, 0.1) is 11.8 Å². The molecule has 0 aromatic heterocycles. The van der Waals surface area contributed by atoms with Crippen LogP contribution in [-0.4, -0.2) is 90.5 Å². The number of methoxy groups -OCH3 is 1. The highest BCUT2D eigenvalue weighted by Crippen LogP contribution is 2.14. The third kappa shape index (κ3) is 9.82. The van der Waals surface area contributed by atoms with Crippen LogP contribution in [0.2, 0.25) is 0 Å². The topological polar surface area (TPSA) is 166 Å². The van der Waals surface area contributed by atoms with Crippen molar-refractivity contribution in [3.8, 4) is 5.75 Å². The maximum absolute atomic E-state index is 13.4. The van der Waals surface area contributed by atoms with E-state index in [-0.39, 0.29) is 31.2 Å². The monoisotopic (exact) mass is 561 g/mol. The van der Waals surface area contributed by atoms with Gasteiger partial charge in [-0.25, -0.2) is 0 Å². The molecule has 1 aliphatic rings. The van der Waals surface area contributed by atoms with Crippen molar-refractivity contribution in [1.29, 1.82) is 0 Å². The van der Waals surface area contributed by atoms with E-state index < -0.39 is 66.9 Å². The van der Waals surface area contributed by atoms with Gasteiger partial charge in [0.1, 0.15) is 30.5 Å². The van der Waals surface area contributed by atoms with Crippen molar-refractivity contribution in [2.24, 2.45) is 11.8 Å². The molecule has 0 bridgehead atoms. The van der Waals surface area contributed by atoms with E-state index in [1.807, 2.05) is 27.7 Å². The molecule has 40 heavy (non-hydrogen) atoms. The van der Waals surface area contributed by atoms with Crippen molar-refractivity contribution in [3.05, 3.63) is 29.8 Å². The Morgan fingerprint density at radius 3 is 2.12 bits per heavy atom. The van der Waals surface area contributed by atoms with Crippen LogP contribution in [-0.2, 0) is 30.4 Å². The van der Waals surface area contributed by atoms with Crippen LogP contribution in [0.4, 0.5) is 0 Å². The van der Waals surface area contributed by atoms with Crippen LogP contribution >= 0.6 is 0 Å². The first-order valence-corrected chi connectivity index (χ1v) is 13.6. The molecule has 0 radical (unpaired) electrons. The average Bonchev–Trinajstić information content (AvgIpc) is 2.90. The van der Waals surface area contributed by atoms with E-state index in [9.17, 15) is 29.1 Å². The predicted molar refractivity (Wildman–Crippen MR) is 148 cm³/mol. The highest BCUT2D eigenvalue weighted by molar-refractivity contribution is 5.95. The van der Waals surface area contributed by atoms with Gasteiger partial charge in [0, 0.05) is 19.0 Å². The van der Waals surface area contributed by atoms with Gasteiger partial charge in [-0.2, -0.15) is 0 Å². The molecule has 1 saturated heterocycles. The molecule has 1 aromatic rings. The normalized spacial score (nSPS) is 23.5. The smallest absolute Gasteiger partial charge is 0.248 e. The lowest BCUT2D eigenvalue weighted by Gasteiger charge is -2.31. The zero-order valence-corrected chi connectivity index (χ0v) is 24.2. The third-order valence-electron chi connectivity index (χ3n) is 6.71. The summed E-state index contributed by atoms with van der Waals surface area (Å²) in [6.45, 7) is 7.72. The van der Waals surface area contributed by atoms with Gasteiger partial charge < -0.3 is 36.0 Å². The highest BCUT2D eigenvalue weighted by Gasteiger charge is 2.32. The fourth-order valence-electron chi connectivity index (χ4n) is 4.30. The second kappa shape index (κ2) is 15.2. The minimum atomic E-state index is -1.04. The first-order chi connectivity index (χ1) is 18.8. The number of nitrogens with one attached hydrogen (secondary N) is 4. The molecule has 2 rings (SSSR count). The lowest BCUT2D eigenvalue weighted by Crippen LogP contribution is -2.57. The largest absolute Gasteiger partial charge is 0.497 e. The van der Waals surface area contributed by atoms with E-state index >= 15 is 0 Å². The van der Waals surface area contributed by atoms with E-state index in [0.29, 0.717) is 5.75 Å². The number of benzene rings is 1. The first-order valence-electron chi connectivity index (χ1n) is 13.6. The van der Waals surface area contributed by atoms with E-state index in [0.717, 1.165) is 10.5 Å². The number of aliphatic hydroxyl groups excluding tert-OH is 1. The van der Waals surface area contributed by atoms with Gasteiger partial charge in [-0.15, -0.1) is 0 Å². The second-order valence-corrected chi connectivity index (χ2v) is 10.9. The van der Waals surface area contributed by atoms with E-state index in [4.69, 9.17) is 4.74 Å². The predicted octanol–water partition coefficient (Wildman–Crippen LogP) is -0.267. The molecule has 5 N–H and O–H groups in total. The zero-order valence-electron chi connectivity index (χ0n) is 24.2. The lowest BCUT2D eigenvalue weighted by molar-refractivity contribution is -0.140. The number of carbonyl (C=O) groups is 5. The van der Waals surface area contributed by atoms with Crippen LogP contribution in [0.15, 0.2) is 24.3 Å². The van der Waals surface area contributed by atoms with Gasteiger partial charge in [-0.3, -0.25) is 24.0 Å². The van der Waals surface area contributed by atoms with E-state index in [1.54, 1.807) is 31.4 Å². The number of aliphatic hydroxyl groups is 1. The first kappa shape index (κ1) is 32.5. The van der Waals surface area contributed by atoms with Crippen molar-refractivity contribution in [1.82, 2.24) is 26.2 Å². The van der Waals surface area contributed by atoms with Crippen molar-refractivity contribution in [3.63, 3.8) is 0 Å². The van der Waals surface area contributed by atoms with Crippen molar-refractivity contribution >= 4 is 29.5 Å². The van der Waals surface area contributed by atoms with Crippen molar-refractivity contribution < 1.29 is 33.8 Å². The number of rotatable bonds is 7. The standard InChI is InChI=1S/C28H43N5O7/c1-16(2)11-21-28(39)31-22(12-19-7-9-20(40-6)10-8-19)27(38)29-18(5)26(37)32-23(17(3)4)13-33(25(36)15-34)14-24(35)30-21/h7-10,16-18,21-23,34H,11-15H2,1-6H3,(H,29,38)(H,30,35)(H,31,39)(H,32,37)/t18-,21+,22+,23-/m1/s1. The number of amides is 5. The molecule has 4 atom stereocenters. The average molecular weight is 562 g/mol. The van der Waals surface area contributed by atoms with Gasteiger partial charge in [0.2, 0.25) is 29.5 Å². The minimum Gasteiger partial charge on any atom is -0.497 e. The van der Waals surface area contributed by atoms with Crippen LogP contribution in [0.5, 0.6) is 5.75 Å². The summed E-state index contributed by atoms with van der Waals surface area (Å²) in [6, 6.07) is 3.49. The van der Waals surface area contributed by atoms with Gasteiger partial charge in [-0.05, 0) is 42.9 Å². The number of hydrogen-bond acceptors (Lipinski definition) is 7. The summed E-state index contributed by atoms with van der Waals surface area (Å²) in [5.41, 5.74) is 0.749. The van der Waals surface area contributed by atoms with Crippen molar-refractivity contribution in [2.45, 2.75) is 71.6 Å². The Labute approximate surface area is 235 Å².